The summed E-state index contributed by atoms with van der Waals surface area (Å²) in [5.74, 6) is 0. The molecule has 1 rings (SSSR count). The molecule has 5 heteroatoms. The second-order valence-electron chi connectivity index (χ2n) is 2.93. The van der Waals surface area contributed by atoms with Crippen LogP contribution in [-0.4, -0.2) is 24.7 Å². The SMILES string of the molecule is O=S(=O)(O)C(CCO)c1ccccc1. The molecule has 1 aromatic rings. The molecule has 1 atom stereocenters. The van der Waals surface area contributed by atoms with E-state index >= 15 is 0 Å². The Morgan fingerprint density at radius 1 is 1.21 bits per heavy atom. The van der Waals surface area contributed by atoms with Gasteiger partial charge in [0.2, 0.25) is 0 Å². The normalized spacial score (nSPS) is 13.9. The van der Waals surface area contributed by atoms with Gasteiger partial charge in [0.1, 0.15) is 5.25 Å². The summed E-state index contributed by atoms with van der Waals surface area (Å²) in [6, 6.07) is 8.33. The quantitative estimate of drug-likeness (QED) is 0.736. The zero-order valence-electron chi connectivity index (χ0n) is 7.50. The van der Waals surface area contributed by atoms with Crippen LogP contribution in [0, 0.1) is 0 Å². The molecule has 1 unspecified atom stereocenters. The number of benzene rings is 1. The summed E-state index contributed by atoms with van der Waals surface area (Å²) < 4.78 is 30.9. The zero-order chi connectivity index (χ0) is 10.6. The monoisotopic (exact) mass is 216 g/mol. The van der Waals surface area contributed by atoms with E-state index in [1.54, 1.807) is 30.3 Å². The summed E-state index contributed by atoms with van der Waals surface area (Å²) in [6.07, 6.45) is 0.00282. The maximum Gasteiger partial charge on any atom is 0.272 e. The second-order valence-corrected chi connectivity index (χ2v) is 4.53. The van der Waals surface area contributed by atoms with E-state index < -0.39 is 15.4 Å². The molecule has 0 amide bonds. The molecule has 0 saturated heterocycles. The van der Waals surface area contributed by atoms with Gasteiger partial charge >= 0.3 is 0 Å². The summed E-state index contributed by atoms with van der Waals surface area (Å²) >= 11 is 0. The molecule has 14 heavy (non-hydrogen) atoms. The largest absolute Gasteiger partial charge is 0.396 e. The van der Waals surface area contributed by atoms with Gasteiger partial charge in [-0.3, -0.25) is 4.55 Å². The smallest absolute Gasteiger partial charge is 0.272 e. The molecule has 0 fully saturated rings. The van der Waals surface area contributed by atoms with Crippen LogP contribution in [-0.2, 0) is 10.1 Å². The molecule has 78 valence electrons. The Kier molecular flexibility index (Phi) is 3.62. The van der Waals surface area contributed by atoms with Crippen molar-refractivity contribution in [3.8, 4) is 0 Å². The lowest BCUT2D eigenvalue weighted by atomic mass is 10.1. The minimum absolute atomic E-state index is 0.00282. The first-order valence-corrected chi connectivity index (χ1v) is 5.68. The third-order valence-electron chi connectivity index (χ3n) is 1.92. The van der Waals surface area contributed by atoms with Gasteiger partial charge in [-0.15, -0.1) is 0 Å². The second kappa shape index (κ2) is 4.54. The summed E-state index contributed by atoms with van der Waals surface area (Å²) in [4.78, 5) is 0. The molecule has 0 aliphatic heterocycles. The van der Waals surface area contributed by atoms with Crippen LogP contribution >= 0.6 is 0 Å². The van der Waals surface area contributed by atoms with Crippen LogP contribution < -0.4 is 0 Å². The number of rotatable bonds is 4. The highest BCUT2D eigenvalue weighted by Gasteiger charge is 2.23. The van der Waals surface area contributed by atoms with E-state index in [0.717, 1.165) is 0 Å². The van der Waals surface area contributed by atoms with Crippen molar-refractivity contribution >= 4 is 10.1 Å². The Morgan fingerprint density at radius 2 is 1.79 bits per heavy atom. The van der Waals surface area contributed by atoms with Crippen molar-refractivity contribution in [2.24, 2.45) is 0 Å². The van der Waals surface area contributed by atoms with Gasteiger partial charge in [0, 0.05) is 6.61 Å². The van der Waals surface area contributed by atoms with Crippen molar-refractivity contribution in [1.82, 2.24) is 0 Å². The van der Waals surface area contributed by atoms with Crippen molar-refractivity contribution in [1.29, 1.82) is 0 Å². The van der Waals surface area contributed by atoms with Crippen LogP contribution in [0.2, 0.25) is 0 Å². The van der Waals surface area contributed by atoms with Crippen LogP contribution in [0.4, 0.5) is 0 Å². The van der Waals surface area contributed by atoms with Crippen LogP contribution in [0.1, 0.15) is 17.2 Å². The van der Waals surface area contributed by atoms with Crippen molar-refractivity contribution in [3.63, 3.8) is 0 Å². The van der Waals surface area contributed by atoms with Gasteiger partial charge in [0.25, 0.3) is 10.1 Å². The van der Waals surface area contributed by atoms with E-state index in [4.69, 9.17) is 9.66 Å². The molecule has 2 N–H and O–H groups in total. The fourth-order valence-electron chi connectivity index (χ4n) is 1.27. The predicted octanol–water partition coefficient (Wildman–Crippen LogP) is 0.998. The molecular weight excluding hydrogens is 204 g/mol. The number of hydrogen-bond donors (Lipinski definition) is 2. The van der Waals surface area contributed by atoms with Crippen LogP contribution in [0.5, 0.6) is 0 Å². The molecule has 0 radical (unpaired) electrons. The molecule has 0 heterocycles. The standard InChI is InChI=1S/C9H12O4S/c10-7-6-9(14(11,12)13)8-4-2-1-3-5-8/h1-5,9-10H,6-7H2,(H,11,12,13). The molecule has 0 aliphatic rings. The third-order valence-corrected chi connectivity index (χ3v) is 3.15. The first kappa shape index (κ1) is 11.2. The van der Waals surface area contributed by atoms with E-state index in [2.05, 4.69) is 0 Å². The maximum absolute atomic E-state index is 11.0. The van der Waals surface area contributed by atoms with Crippen molar-refractivity contribution < 1.29 is 18.1 Å². The maximum atomic E-state index is 11.0. The number of aliphatic hydroxyl groups is 1. The highest BCUT2D eigenvalue weighted by molar-refractivity contribution is 7.86. The first-order chi connectivity index (χ1) is 6.55. The molecule has 0 bridgehead atoms. The average molecular weight is 216 g/mol. The minimum Gasteiger partial charge on any atom is -0.396 e. The highest BCUT2D eigenvalue weighted by atomic mass is 32.2. The first-order valence-electron chi connectivity index (χ1n) is 4.18. The zero-order valence-corrected chi connectivity index (χ0v) is 8.31. The van der Waals surface area contributed by atoms with Gasteiger partial charge in [0.15, 0.2) is 0 Å². The van der Waals surface area contributed by atoms with E-state index in [1.165, 1.54) is 0 Å². The lowest BCUT2D eigenvalue weighted by Gasteiger charge is -2.12. The molecule has 0 saturated carbocycles. The molecule has 0 aliphatic carbocycles. The molecule has 0 aromatic heterocycles. The number of aliphatic hydroxyl groups excluding tert-OH is 1. The molecular formula is C9H12O4S. The predicted molar refractivity (Wildman–Crippen MR) is 52.4 cm³/mol. The average Bonchev–Trinajstić information content (AvgIpc) is 2.14. The van der Waals surface area contributed by atoms with Gasteiger partial charge in [-0.25, -0.2) is 0 Å². The van der Waals surface area contributed by atoms with E-state index in [9.17, 15) is 8.42 Å². The van der Waals surface area contributed by atoms with Gasteiger partial charge < -0.3 is 5.11 Å². The van der Waals surface area contributed by atoms with Crippen molar-refractivity contribution in [3.05, 3.63) is 35.9 Å². The van der Waals surface area contributed by atoms with E-state index in [-0.39, 0.29) is 13.0 Å². The van der Waals surface area contributed by atoms with Gasteiger partial charge in [0.05, 0.1) is 0 Å². The fraction of sp³-hybridized carbons (Fsp3) is 0.333. The lowest BCUT2D eigenvalue weighted by Crippen LogP contribution is -2.13. The fourth-order valence-corrected chi connectivity index (χ4v) is 2.18. The van der Waals surface area contributed by atoms with Crippen molar-refractivity contribution in [2.45, 2.75) is 11.7 Å². The third kappa shape index (κ3) is 2.80. The summed E-state index contributed by atoms with van der Waals surface area (Å²) in [7, 11) is -4.14. The lowest BCUT2D eigenvalue weighted by molar-refractivity contribution is 0.283. The molecule has 1 aromatic carbocycles. The van der Waals surface area contributed by atoms with E-state index in [1.807, 2.05) is 0 Å². The number of hydrogen-bond acceptors (Lipinski definition) is 3. The van der Waals surface area contributed by atoms with E-state index in [0.29, 0.717) is 5.56 Å². The van der Waals surface area contributed by atoms with Gasteiger partial charge in [-0.1, -0.05) is 30.3 Å². The molecule has 4 nitrogen and oxygen atoms in total. The summed E-state index contributed by atoms with van der Waals surface area (Å²) in [5.41, 5.74) is 0.490. The summed E-state index contributed by atoms with van der Waals surface area (Å²) in [6.45, 7) is -0.278. The minimum atomic E-state index is -4.14. The Labute approximate surface area is 82.9 Å². The molecule has 0 spiro atoms. The Morgan fingerprint density at radius 3 is 2.21 bits per heavy atom. The van der Waals surface area contributed by atoms with Gasteiger partial charge in [-0.05, 0) is 12.0 Å². The van der Waals surface area contributed by atoms with Gasteiger partial charge in [-0.2, -0.15) is 8.42 Å². The highest BCUT2D eigenvalue weighted by Crippen LogP contribution is 2.24. The van der Waals surface area contributed by atoms with Crippen LogP contribution in [0.3, 0.4) is 0 Å². The Balaban J connectivity index is 3.02. The van der Waals surface area contributed by atoms with Crippen LogP contribution in [0.25, 0.3) is 0 Å². The van der Waals surface area contributed by atoms with Crippen molar-refractivity contribution in [2.75, 3.05) is 6.61 Å². The Bertz CT molecular complexity index is 371. The van der Waals surface area contributed by atoms with Crippen LogP contribution in [0.15, 0.2) is 30.3 Å². The summed E-state index contributed by atoms with van der Waals surface area (Å²) in [5, 5.41) is 7.65. The topological polar surface area (TPSA) is 74.6 Å². The Hall–Kier alpha value is -0.910.